The lowest BCUT2D eigenvalue weighted by atomic mass is 10.2. The van der Waals surface area contributed by atoms with Crippen molar-refractivity contribution in [3.8, 4) is 17.2 Å². The third-order valence-corrected chi connectivity index (χ3v) is 9.58. The molecule has 0 spiro atoms. The van der Waals surface area contributed by atoms with Crippen molar-refractivity contribution in [2.24, 2.45) is 0 Å². The SMILES string of the molecule is CCS(=O)(=O)N(CC(=O)NCCOc1ccc(S(=O)(=O)N2CCOCC2)cc1)c1ccc2c(c1)OCCO2. The fraction of sp³-hybridized carbons (Fsp3) is 0.458. The smallest absolute Gasteiger partial charge is 0.243 e. The maximum absolute atomic E-state index is 12.7. The summed E-state index contributed by atoms with van der Waals surface area (Å²) >= 11 is 0. The molecule has 0 bridgehead atoms. The number of nitrogens with one attached hydrogen (secondary N) is 1. The van der Waals surface area contributed by atoms with E-state index in [1.54, 1.807) is 30.3 Å². The summed E-state index contributed by atoms with van der Waals surface area (Å²) in [6.07, 6.45) is 0. The van der Waals surface area contributed by atoms with E-state index in [9.17, 15) is 21.6 Å². The molecular formula is C24H31N3O9S2. The Bertz CT molecular complexity index is 1330. The van der Waals surface area contributed by atoms with Crippen LogP contribution in [0.4, 0.5) is 5.69 Å². The molecule has 2 heterocycles. The van der Waals surface area contributed by atoms with Crippen LogP contribution in [0, 0.1) is 0 Å². The Morgan fingerprint density at radius 3 is 2.34 bits per heavy atom. The lowest BCUT2D eigenvalue weighted by Crippen LogP contribution is -2.42. The maximum Gasteiger partial charge on any atom is 0.243 e. The second-order valence-corrected chi connectivity index (χ2v) is 12.5. The van der Waals surface area contributed by atoms with Gasteiger partial charge in [0.2, 0.25) is 26.0 Å². The molecule has 0 saturated carbocycles. The van der Waals surface area contributed by atoms with Crippen molar-refractivity contribution >= 4 is 31.6 Å². The first-order chi connectivity index (χ1) is 18.2. The first kappa shape index (κ1) is 28.0. The summed E-state index contributed by atoms with van der Waals surface area (Å²) in [7, 11) is -7.34. The quantitative estimate of drug-likeness (QED) is 0.390. The van der Waals surface area contributed by atoms with E-state index < -0.39 is 32.5 Å². The molecule has 38 heavy (non-hydrogen) atoms. The highest BCUT2D eigenvalue weighted by Crippen LogP contribution is 2.34. The van der Waals surface area contributed by atoms with Crippen LogP contribution in [-0.4, -0.2) is 92.0 Å². The topological polar surface area (TPSA) is 141 Å². The summed E-state index contributed by atoms with van der Waals surface area (Å²) in [5.41, 5.74) is 0.301. The van der Waals surface area contributed by atoms with Gasteiger partial charge in [0.25, 0.3) is 0 Å². The van der Waals surface area contributed by atoms with Crippen LogP contribution in [-0.2, 0) is 29.6 Å². The van der Waals surface area contributed by atoms with E-state index in [1.165, 1.54) is 23.4 Å². The summed E-state index contributed by atoms with van der Waals surface area (Å²) in [5.74, 6) is 0.679. The second-order valence-electron chi connectivity index (χ2n) is 8.42. The molecule has 2 aromatic rings. The maximum atomic E-state index is 12.7. The van der Waals surface area contributed by atoms with Crippen LogP contribution in [0.2, 0.25) is 0 Å². The minimum absolute atomic E-state index is 0.103. The summed E-state index contributed by atoms with van der Waals surface area (Å²) in [4.78, 5) is 12.7. The number of hydrogen-bond acceptors (Lipinski definition) is 9. The number of ether oxygens (including phenoxy) is 4. The molecule has 0 aliphatic carbocycles. The lowest BCUT2D eigenvalue weighted by Gasteiger charge is -2.26. The third kappa shape index (κ3) is 6.67. The van der Waals surface area contributed by atoms with Gasteiger partial charge >= 0.3 is 0 Å². The van der Waals surface area contributed by atoms with Crippen molar-refractivity contribution < 1.29 is 40.6 Å². The highest BCUT2D eigenvalue weighted by atomic mass is 32.2. The standard InChI is InChI=1S/C24H31N3O9S2/c1-2-37(29,30)27(19-3-8-22-23(17-19)36-16-15-35-22)18-24(28)25-9-12-34-20-4-6-21(7-5-20)38(31,32)26-10-13-33-14-11-26/h3-8,17H,2,9-16,18H2,1H3,(H,25,28). The first-order valence-electron chi connectivity index (χ1n) is 12.2. The molecule has 2 aromatic carbocycles. The summed E-state index contributed by atoms with van der Waals surface area (Å²) in [6, 6.07) is 10.8. The average molecular weight is 570 g/mol. The van der Waals surface area contributed by atoms with Gasteiger partial charge in [-0.05, 0) is 43.3 Å². The van der Waals surface area contributed by atoms with Crippen molar-refractivity contribution in [3.63, 3.8) is 0 Å². The van der Waals surface area contributed by atoms with Gasteiger partial charge in [0.05, 0.1) is 36.1 Å². The van der Waals surface area contributed by atoms with Gasteiger partial charge in [0, 0.05) is 19.2 Å². The van der Waals surface area contributed by atoms with Crippen molar-refractivity contribution in [2.45, 2.75) is 11.8 Å². The number of nitrogens with zero attached hydrogens (tertiary/aromatic N) is 2. The van der Waals surface area contributed by atoms with E-state index >= 15 is 0 Å². The van der Waals surface area contributed by atoms with E-state index in [-0.39, 0.29) is 23.8 Å². The number of carbonyl (C=O) groups is 1. The summed E-state index contributed by atoms with van der Waals surface area (Å²) < 4.78 is 75.1. The van der Waals surface area contributed by atoms with E-state index in [0.29, 0.717) is 62.5 Å². The normalized spacial score (nSPS) is 16.0. The largest absolute Gasteiger partial charge is 0.492 e. The number of carbonyl (C=O) groups excluding carboxylic acids is 1. The third-order valence-electron chi connectivity index (χ3n) is 5.93. The minimum Gasteiger partial charge on any atom is -0.492 e. The number of benzene rings is 2. The highest BCUT2D eigenvalue weighted by Gasteiger charge is 2.27. The van der Waals surface area contributed by atoms with Crippen molar-refractivity contribution in [3.05, 3.63) is 42.5 Å². The van der Waals surface area contributed by atoms with Gasteiger partial charge < -0.3 is 24.3 Å². The molecule has 208 valence electrons. The molecule has 0 unspecified atom stereocenters. The van der Waals surface area contributed by atoms with Crippen LogP contribution in [0.3, 0.4) is 0 Å². The van der Waals surface area contributed by atoms with Crippen molar-refractivity contribution in [2.75, 3.05) is 69.3 Å². The van der Waals surface area contributed by atoms with Gasteiger partial charge in [0.1, 0.15) is 32.1 Å². The molecule has 12 nitrogen and oxygen atoms in total. The number of sulfonamides is 2. The van der Waals surface area contributed by atoms with Crippen LogP contribution in [0.5, 0.6) is 17.2 Å². The zero-order chi connectivity index (χ0) is 27.2. The van der Waals surface area contributed by atoms with Gasteiger partial charge in [-0.3, -0.25) is 9.10 Å². The molecule has 14 heteroatoms. The first-order valence-corrected chi connectivity index (χ1v) is 15.2. The molecule has 2 aliphatic heterocycles. The molecule has 1 amide bonds. The Labute approximate surface area is 222 Å². The Morgan fingerprint density at radius 1 is 0.974 bits per heavy atom. The number of anilines is 1. The average Bonchev–Trinajstić information content (AvgIpc) is 2.94. The Kier molecular flexibility index (Phi) is 8.97. The van der Waals surface area contributed by atoms with Gasteiger partial charge in [0.15, 0.2) is 11.5 Å². The fourth-order valence-electron chi connectivity index (χ4n) is 3.88. The molecule has 1 saturated heterocycles. The van der Waals surface area contributed by atoms with Crippen LogP contribution >= 0.6 is 0 Å². The Morgan fingerprint density at radius 2 is 1.66 bits per heavy atom. The molecule has 2 aliphatic rings. The second kappa shape index (κ2) is 12.2. The van der Waals surface area contributed by atoms with Gasteiger partial charge in [-0.25, -0.2) is 16.8 Å². The van der Waals surface area contributed by atoms with Crippen molar-refractivity contribution in [1.82, 2.24) is 9.62 Å². The van der Waals surface area contributed by atoms with Crippen LogP contribution in [0.1, 0.15) is 6.92 Å². The molecule has 0 radical (unpaired) electrons. The monoisotopic (exact) mass is 569 g/mol. The lowest BCUT2D eigenvalue weighted by molar-refractivity contribution is -0.119. The number of rotatable bonds is 11. The van der Waals surface area contributed by atoms with Gasteiger partial charge in [-0.2, -0.15) is 4.31 Å². The van der Waals surface area contributed by atoms with Crippen LogP contribution in [0.25, 0.3) is 0 Å². The predicted octanol–water partition coefficient (Wildman–Crippen LogP) is 0.830. The molecule has 4 rings (SSSR count). The van der Waals surface area contributed by atoms with Gasteiger partial charge in [-0.15, -0.1) is 0 Å². The predicted molar refractivity (Wildman–Crippen MR) is 139 cm³/mol. The zero-order valence-electron chi connectivity index (χ0n) is 21.0. The Balaban J connectivity index is 1.30. The summed E-state index contributed by atoms with van der Waals surface area (Å²) in [5, 5.41) is 2.65. The van der Waals surface area contributed by atoms with Crippen molar-refractivity contribution in [1.29, 1.82) is 0 Å². The molecular weight excluding hydrogens is 538 g/mol. The molecule has 0 atom stereocenters. The van der Waals surface area contributed by atoms with Crippen LogP contribution < -0.4 is 23.8 Å². The number of fused-ring (bicyclic) bond motifs is 1. The fourth-order valence-corrected chi connectivity index (χ4v) is 6.35. The van der Waals surface area contributed by atoms with Crippen LogP contribution in [0.15, 0.2) is 47.4 Å². The minimum atomic E-state index is -3.75. The highest BCUT2D eigenvalue weighted by molar-refractivity contribution is 7.92. The molecule has 0 aromatic heterocycles. The summed E-state index contributed by atoms with van der Waals surface area (Å²) in [6.45, 7) is 3.43. The number of morpholine rings is 1. The van der Waals surface area contributed by atoms with Gasteiger partial charge in [-0.1, -0.05) is 0 Å². The van der Waals surface area contributed by atoms with E-state index in [0.717, 1.165) is 4.31 Å². The number of amides is 1. The zero-order valence-corrected chi connectivity index (χ0v) is 22.6. The van der Waals surface area contributed by atoms with E-state index in [1.807, 2.05) is 0 Å². The molecule has 1 fully saturated rings. The Hall–Kier alpha value is -3.07. The number of hydrogen-bond donors (Lipinski definition) is 1. The van der Waals surface area contributed by atoms with E-state index in [4.69, 9.17) is 18.9 Å². The molecule has 1 N–H and O–H groups in total. The van der Waals surface area contributed by atoms with E-state index in [2.05, 4.69) is 5.32 Å².